The maximum atomic E-state index is 2.34. The van der Waals surface area contributed by atoms with Crippen LogP contribution in [0.25, 0.3) is 0 Å². The molecule has 0 unspecified atom stereocenters. The molecule has 0 nitrogen and oxygen atoms in total. The Morgan fingerprint density at radius 1 is 0.714 bits per heavy atom. The Balaban J connectivity index is 0.000000140. The van der Waals surface area contributed by atoms with E-state index in [-0.39, 0.29) is 0 Å². The average molecular weight is 196 g/mol. The van der Waals surface area contributed by atoms with Crippen LogP contribution in [0.1, 0.15) is 66.2 Å². The predicted octanol–water partition coefficient (Wildman–Crippen LogP) is 4.89. The van der Waals surface area contributed by atoms with Crippen LogP contribution in [-0.2, 0) is 0 Å². The van der Waals surface area contributed by atoms with Crippen molar-refractivity contribution in [3.63, 3.8) is 0 Å². The molecule has 0 heteroatoms. The Kier molecular flexibility index (Phi) is 4.98. The van der Waals surface area contributed by atoms with Gasteiger partial charge in [-0.2, -0.15) is 0 Å². The van der Waals surface area contributed by atoms with Crippen molar-refractivity contribution < 1.29 is 0 Å². The van der Waals surface area contributed by atoms with Gasteiger partial charge in [0.2, 0.25) is 0 Å². The van der Waals surface area contributed by atoms with Crippen LogP contribution in [0, 0.1) is 23.7 Å². The van der Waals surface area contributed by atoms with Gasteiger partial charge in [0.1, 0.15) is 0 Å². The maximum Gasteiger partial charge on any atom is -0.0412 e. The fourth-order valence-corrected chi connectivity index (χ4v) is 2.80. The third-order valence-corrected chi connectivity index (χ3v) is 4.10. The number of rotatable bonds is 2. The highest BCUT2D eigenvalue weighted by Crippen LogP contribution is 2.35. The summed E-state index contributed by atoms with van der Waals surface area (Å²) in [4.78, 5) is 0. The standard InChI is InChI=1S/2C7H14/c2*1-3-7-4-6(2)5-7/h2*6-7H,3-5H2,1-2H3. The highest BCUT2D eigenvalue weighted by molar-refractivity contribution is 4.74. The monoisotopic (exact) mass is 196 g/mol. The minimum Gasteiger partial charge on any atom is -0.0651 e. The van der Waals surface area contributed by atoms with Gasteiger partial charge in [-0.1, -0.05) is 40.5 Å². The first-order valence-corrected chi connectivity index (χ1v) is 6.65. The van der Waals surface area contributed by atoms with E-state index in [0.717, 1.165) is 23.7 Å². The molecule has 0 saturated heterocycles. The van der Waals surface area contributed by atoms with Crippen molar-refractivity contribution >= 4 is 0 Å². The molecule has 0 radical (unpaired) electrons. The molecule has 2 fully saturated rings. The van der Waals surface area contributed by atoms with Gasteiger partial charge in [0.15, 0.2) is 0 Å². The topological polar surface area (TPSA) is 0 Å². The highest BCUT2D eigenvalue weighted by atomic mass is 14.3. The van der Waals surface area contributed by atoms with Crippen molar-refractivity contribution in [2.75, 3.05) is 0 Å². The maximum absolute atomic E-state index is 2.34. The molecule has 14 heavy (non-hydrogen) atoms. The van der Waals surface area contributed by atoms with Crippen LogP contribution in [-0.4, -0.2) is 0 Å². The van der Waals surface area contributed by atoms with Crippen LogP contribution in [0.2, 0.25) is 0 Å². The molecule has 2 aliphatic carbocycles. The SMILES string of the molecule is CCC1CC(C)C1.CCC1CC(C)C1. The molecule has 0 aromatic carbocycles. The summed E-state index contributed by atoms with van der Waals surface area (Å²) in [5.74, 6) is 4.28. The lowest BCUT2D eigenvalue weighted by molar-refractivity contribution is 0.206. The summed E-state index contributed by atoms with van der Waals surface area (Å²) in [7, 11) is 0. The van der Waals surface area contributed by atoms with Gasteiger partial charge in [-0.25, -0.2) is 0 Å². The molecule has 0 spiro atoms. The number of hydrogen-bond acceptors (Lipinski definition) is 0. The normalized spacial score (nSPS) is 40.3. The molecule has 0 N–H and O–H groups in total. The van der Waals surface area contributed by atoms with Crippen molar-refractivity contribution in [2.45, 2.75) is 66.2 Å². The Bertz CT molecular complexity index is 120. The number of hydrogen-bond donors (Lipinski definition) is 0. The molecule has 0 heterocycles. The summed E-state index contributed by atoms with van der Waals surface area (Å²) in [6.45, 7) is 9.26. The predicted molar refractivity (Wildman–Crippen MR) is 64.4 cm³/mol. The van der Waals surface area contributed by atoms with E-state index in [0.29, 0.717) is 0 Å². The highest BCUT2D eigenvalue weighted by Gasteiger charge is 2.23. The Morgan fingerprint density at radius 2 is 1.00 bits per heavy atom. The van der Waals surface area contributed by atoms with Gasteiger partial charge < -0.3 is 0 Å². The van der Waals surface area contributed by atoms with Crippen molar-refractivity contribution in [1.82, 2.24) is 0 Å². The van der Waals surface area contributed by atoms with Crippen molar-refractivity contribution in [3.05, 3.63) is 0 Å². The second kappa shape index (κ2) is 5.78. The van der Waals surface area contributed by atoms with Gasteiger partial charge >= 0.3 is 0 Å². The smallest absolute Gasteiger partial charge is 0.0412 e. The third-order valence-electron chi connectivity index (χ3n) is 4.10. The molecule has 0 aromatic heterocycles. The van der Waals surface area contributed by atoms with Gasteiger partial charge in [0.25, 0.3) is 0 Å². The Morgan fingerprint density at radius 3 is 1.07 bits per heavy atom. The molecule has 84 valence electrons. The van der Waals surface area contributed by atoms with Crippen molar-refractivity contribution in [2.24, 2.45) is 23.7 Å². The molecule has 2 rings (SSSR count). The third kappa shape index (κ3) is 3.63. The van der Waals surface area contributed by atoms with E-state index in [4.69, 9.17) is 0 Å². The second-order valence-electron chi connectivity index (χ2n) is 5.70. The molecule has 2 aliphatic rings. The quantitative estimate of drug-likeness (QED) is 0.590. The molecular formula is C14H28. The summed E-state index contributed by atoms with van der Waals surface area (Å²) in [5.41, 5.74) is 0. The first-order valence-electron chi connectivity index (χ1n) is 6.65. The molecule has 0 amide bonds. The van der Waals surface area contributed by atoms with E-state index >= 15 is 0 Å². The second-order valence-corrected chi connectivity index (χ2v) is 5.70. The summed E-state index contributed by atoms with van der Waals surface area (Å²) in [6, 6.07) is 0. The van der Waals surface area contributed by atoms with Crippen LogP contribution < -0.4 is 0 Å². The zero-order valence-corrected chi connectivity index (χ0v) is 10.6. The van der Waals surface area contributed by atoms with Crippen LogP contribution in [0.4, 0.5) is 0 Å². The molecule has 0 atom stereocenters. The van der Waals surface area contributed by atoms with E-state index in [2.05, 4.69) is 27.7 Å². The average Bonchev–Trinajstić information content (AvgIpc) is 2.08. The summed E-state index contributed by atoms with van der Waals surface area (Å²) < 4.78 is 0. The van der Waals surface area contributed by atoms with Gasteiger partial charge in [0, 0.05) is 0 Å². The van der Waals surface area contributed by atoms with Gasteiger partial charge in [-0.3, -0.25) is 0 Å². The summed E-state index contributed by atoms with van der Waals surface area (Å²) >= 11 is 0. The Hall–Kier alpha value is 0. The first-order chi connectivity index (χ1) is 6.65. The lowest BCUT2D eigenvalue weighted by Crippen LogP contribution is -2.19. The van der Waals surface area contributed by atoms with E-state index in [1.807, 2.05) is 0 Å². The van der Waals surface area contributed by atoms with Crippen LogP contribution in [0.15, 0.2) is 0 Å². The van der Waals surface area contributed by atoms with Crippen LogP contribution >= 0.6 is 0 Å². The minimum absolute atomic E-state index is 1.05. The lowest BCUT2D eigenvalue weighted by atomic mass is 9.75. The van der Waals surface area contributed by atoms with Gasteiger partial charge in [0.05, 0.1) is 0 Å². The van der Waals surface area contributed by atoms with E-state index < -0.39 is 0 Å². The fraction of sp³-hybridized carbons (Fsp3) is 1.00. The molecule has 0 aliphatic heterocycles. The van der Waals surface area contributed by atoms with Gasteiger partial charge in [-0.05, 0) is 49.4 Å². The first kappa shape index (κ1) is 12.1. The van der Waals surface area contributed by atoms with Gasteiger partial charge in [-0.15, -0.1) is 0 Å². The van der Waals surface area contributed by atoms with E-state index in [9.17, 15) is 0 Å². The van der Waals surface area contributed by atoms with Crippen molar-refractivity contribution in [1.29, 1.82) is 0 Å². The molecule has 0 bridgehead atoms. The van der Waals surface area contributed by atoms with Crippen LogP contribution in [0.3, 0.4) is 0 Å². The summed E-state index contributed by atoms with van der Waals surface area (Å²) in [5, 5.41) is 0. The van der Waals surface area contributed by atoms with Crippen LogP contribution in [0.5, 0.6) is 0 Å². The lowest BCUT2D eigenvalue weighted by Gasteiger charge is -2.31. The zero-order chi connectivity index (χ0) is 10.6. The van der Waals surface area contributed by atoms with Crippen molar-refractivity contribution in [3.8, 4) is 0 Å². The van der Waals surface area contributed by atoms with E-state index in [1.54, 1.807) is 0 Å². The largest absolute Gasteiger partial charge is 0.0651 e. The molecule has 2 saturated carbocycles. The van der Waals surface area contributed by atoms with E-state index in [1.165, 1.54) is 38.5 Å². The summed E-state index contributed by atoms with van der Waals surface area (Å²) in [6.07, 6.45) is 8.80. The Labute approximate surface area is 90.5 Å². The minimum atomic E-state index is 1.05. The zero-order valence-electron chi connectivity index (χ0n) is 10.6. The molecular weight excluding hydrogens is 168 g/mol. The fourth-order valence-electron chi connectivity index (χ4n) is 2.80. The molecule has 0 aromatic rings.